The molecule has 1 atom stereocenters. The molecule has 6 heteroatoms. The Bertz CT molecular complexity index is 772. The Morgan fingerprint density at radius 1 is 1.11 bits per heavy atom. The van der Waals surface area contributed by atoms with Gasteiger partial charge in [-0.1, -0.05) is 42.5 Å². The third kappa shape index (κ3) is 4.57. The molecule has 2 heterocycles. The van der Waals surface area contributed by atoms with Crippen LogP contribution in [0, 0.1) is 5.41 Å². The smallest absolute Gasteiger partial charge is 0.312 e. The second-order valence-electron chi connectivity index (χ2n) is 7.60. The van der Waals surface area contributed by atoms with Crippen molar-refractivity contribution in [2.45, 2.75) is 31.9 Å². The molecular weight excluding hydrogens is 383 g/mol. The highest BCUT2D eigenvalue weighted by Crippen LogP contribution is 2.41. The minimum atomic E-state index is -0.226. The summed E-state index contributed by atoms with van der Waals surface area (Å²) in [6, 6.07) is 15.0. The third-order valence-electron chi connectivity index (χ3n) is 5.72. The number of likely N-dealkylation sites (N-methyl/N-ethyl adjacent to an activating group) is 1. The van der Waals surface area contributed by atoms with E-state index in [2.05, 4.69) is 59.7 Å². The molecule has 2 aromatic carbocycles. The summed E-state index contributed by atoms with van der Waals surface area (Å²) in [5.74, 6) is 0.0255. The van der Waals surface area contributed by atoms with Gasteiger partial charge in [0.2, 0.25) is 0 Å². The van der Waals surface area contributed by atoms with E-state index in [0.29, 0.717) is 0 Å². The van der Waals surface area contributed by atoms with E-state index < -0.39 is 0 Å². The van der Waals surface area contributed by atoms with E-state index in [-0.39, 0.29) is 42.3 Å². The van der Waals surface area contributed by atoms with Gasteiger partial charge in [-0.15, -0.1) is 24.8 Å². The minimum absolute atomic E-state index is 0. The van der Waals surface area contributed by atoms with Crippen LogP contribution in [0.1, 0.15) is 24.8 Å². The predicted octanol–water partition coefficient (Wildman–Crippen LogP) is 3.80. The second-order valence-corrected chi connectivity index (χ2v) is 7.60. The molecule has 4 nitrogen and oxygen atoms in total. The van der Waals surface area contributed by atoms with Crippen molar-refractivity contribution in [3.63, 3.8) is 0 Å². The van der Waals surface area contributed by atoms with E-state index in [9.17, 15) is 4.79 Å². The maximum atomic E-state index is 12.4. The van der Waals surface area contributed by atoms with E-state index in [1.807, 2.05) is 0 Å². The van der Waals surface area contributed by atoms with Gasteiger partial charge in [-0.25, -0.2) is 0 Å². The number of rotatable bonds is 4. The van der Waals surface area contributed by atoms with Crippen LogP contribution in [0.25, 0.3) is 10.8 Å². The second kappa shape index (κ2) is 9.24. The number of nitrogens with one attached hydrogen (secondary N) is 1. The van der Waals surface area contributed by atoms with Crippen LogP contribution in [-0.2, 0) is 16.1 Å². The van der Waals surface area contributed by atoms with Crippen LogP contribution in [0.15, 0.2) is 42.5 Å². The number of cyclic esters (lactones) is 1. The molecule has 0 bridgehead atoms. The highest BCUT2D eigenvalue weighted by molar-refractivity contribution is 5.86. The highest BCUT2D eigenvalue weighted by Gasteiger charge is 2.49. The van der Waals surface area contributed by atoms with E-state index >= 15 is 0 Å². The van der Waals surface area contributed by atoms with Crippen molar-refractivity contribution in [1.29, 1.82) is 0 Å². The number of hydrogen-bond acceptors (Lipinski definition) is 4. The van der Waals surface area contributed by atoms with Gasteiger partial charge in [0.15, 0.2) is 0 Å². The summed E-state index contributed by atoms with van der Waals surface area (Å²) in [5.41, 5.74) is 1.09. The van der Waals surface area contributed by atoms with Crippen LogP contribution in [-0.4, -0.2) is 43.7 Å². The summed E-state index contributed by atoms with van der Waals surface area (Å²) in [7, 11) is 2.11. The van der Waals surface area contributed by atoms with Crippen molar-refractivity contribution in [3.05, 3.63) is 48.0 Å². The SMILES string of the molecule is CN(Cc1cccc2ccccc12)CC1CC2(CCNCC2)C(=O)O1.Cl.Cl. The fraction of sp³-hybridized carbons (Fsp3) is 0.476. The van der Waals surface area contributed by atoms with Gasteiger partial charge in [0, 0.05) is 19.5 Å². The van der Waals surface area contributed by atoms with Crippen molar-refractivity contribution in [2.75, 3.05) is 26.7 Å². The number of piperidine rings is 1. The third-order valence-corrected chi connectivity index (χ3v) is 5.72. The Kier molecular flexibility index (Phi) is 7.52. The van der Waals surface area contributed by atoms with E-state index in [4.69, 9.17) is 4.74 Å². The fourth-order valence-electron chi connectivity index (χ4n) is 4.39. The molecule has 1 N–H and O–H groups in total. The lowest BCUT2D eigenvalue weighted by molar-refractivity contribution is -0.150. The Hall–Kier alpha value is -1.33. The van der Waals surface area contributed by atoms with Crippen LogP contribution in [0.4, 0.5) is 0 Å². The number of benzene rings is 2. The van der Waals surface area contributed by atoms with E-state index in [1.165, 1.54) is 16.3 Å². The van der Waals surface area contributed by atoms with Crippen LogP contribution >= 0.6 is 24.8 Å². The summed E-state index contributed by atoms with van der Waals surface area (Å²) in [4.78, 5) is 14.7. The van der Waals surface area contributed by atoms with Crippen molar-refractivity contribution in [1.82, 2.24) is 10.2 Å². The van der Waals surface area contributed by atoms with Crippen molar-refractivity contribution >= 4 is 41.6 Å². The monoisotopic (exact) mass is 410 g/mol. The quantitative estimate of drug-likeness (QED) is 0.778. The van der Waals surface area contributed by atoms with Gasteiger partial charge in [0.05, 0.1) is 5.41 Å². The lowest BCUT2D eigenvalue weighted by Gasteiger charge is -2.29. The number of ether oxygens (including phenoxy) is 1. The number of esters is 1. The molecule has 0 aliphatic carbocycles. The molecule has 2 aromatic rings. The average Bonchev–Trinajstić information content (AvgIpc) is 2.90. The first-order chi connectivity index (χ1) is 12.2. The Labute approximate surface area is 173 Å². The first kappa shape index (κ1) is 22.0. The van der Waals surface area contributed by atoms with Crippen molar-refractivity contribution in [3.8, 4) is 0 Å². The molecule has 1 unspecified atom stereocenters. The normalized spacial score (nSPS) is 21.0. The zero-order valence-electron chi connectivity index (χ0n) is 15.6. The molecule has 2 saturated heterocycles. The molecule has 0 amide bonds. The van der Waals surface area contributed by atoms with Crippen LogP contribution in [0.2, 0.25) is 0 Å². The van der Waals surface area contributed by atoms with Gasteiger partial charge in [-0.2, -0.15) is 0 Å². The summed E-state index contributed by atoms with van der Waals surface area (Å²) in [6.07, 6.45) is 2.71. The maximum absolute atomic E-state index is 12.4. The molecule has 1 spiro atoms. The number of halogens is 2. The molecule has 0 saturated carbocycles. The van der Waals surface area contributed by atoms with Gasteiger partial charge in [0.25, 0.3) is 0 Å². The van der Waals surface area contributed by atoms with Gasteiger partial charge >= 0.3 is 5.97 Å². The standard InChI is InChI=1S/C21H26N2O2.2ClH/c1-23(14-17-7-4-6-16-5-2-3-8-19(16)17)15-18-13-21(20(24)25-18)9-11-22-12-10-21;;/h2-8,18,22H,9-15H2,1H3;2*1H. The van der Waals surface area contributed by atoms with Gasteiger partial charge in [-0.3, -0.25) is 9.69 Å². The molecule has 2 fully saturated rings. The first-order valence-electron chi connectivity index (χ1n) is 9.23. The number of hydrogen-bond donors (Lipinski definition) is 1. The first-order valence-corrected chi connectivity index (χ1v) is 9.23. The largest absolute Gasteiger partial charge is 0.461 e. The highest BCUT2D eigenvalue weighted by atomic mass is 35.5. The fourth-order valence-corrected chi connectivity index (χ4v) is 4.39. The van der Waals surface area contributed by atoms with Crippen molar-refractivity contribution in [2.24, 2.45) is 5.41 Å². The Morgan fingerprint density at radius 2 is 1.81 bits per heavy atom. The molecule has 27 heavy (non-hydrogen) atoms. The number of carbonyl (C=O) groups is 1. The zero-order valence-corrected chi connectivity index (χ0v) is 17.3. The van der Waals surface area contributed by atoms with Gasteiger partial charge in [0.1, 0.15) is 6.10 Å². The lowest BCUT2D eigenvalue weighted by Crippen LogP contribution is -2.39. The number of carbonyl (C=O) groups excluding carboxylic acids is 1. The lowest BCUT2D eigenvalue weighted by atomic mass is 9.76. The maximum Gasteiger partial charge on any atom is 0.312 e. The molecule has 148 valence electrons. The Balaban J connectivity index is 0.00000131. The topological polar surface area (TPSA) is 41.6 Å². The Morgan fingerprint density at radius 3 is 2.59 bits per heavy atom. The zero-order chi connectivity index (χ0) is 17.3. The van der Waals surface area contributed by atoms with Gasteiger partial charge in [-0.05, 0) is 49.3 Å². The molecule has 4 rings (SSSR count). The molecule has 2 aliphatic rings. The van der Waals surface area contributed by atoms with Crippen LogP contribution in [0.3, 0.4) is 0 Å². The van der Waals surface area contributed by atoms with E-state index in [1.54, 1.807) is 0 Å². The number of fused-ring (bicyclic) bond motifs is 1. The molecule has 0 radical (unpaired) electrons. The summed E-state index contributed by atoms with van der Waals surface area (Å²) < 4.78 is 5.74. The molecule has 0 aromatic heterocycles. The summed E-state index contributed by atoms with van der Waals surface area (Å²) >= 11 is 0. The van der Waals surface area contributed by atoms with E-state index in [0.717, 1.165) is 45.4 Å². The van der Waals surface area contributed by atoms with Gasteiger partial charge < -0.3 is 10.1 Å². The summed E-state index contributed by atoms with van der Waals surface area (Å²) in [5, 5.41) is 5.92. The average molecular weight is 411 g/mol. The minimum Gasteiger partial charge on any atom is -0.461 e. The molecular formula is C21H28Cl2N2O2. The van der Waals surface area contributed by atoms with Crippen LogP contribution < -0.4 is 5.32 Å². The molecule has 2 aliphatic heterocycles. The number of nitrogens with zero attached hydrogens (tertiary/aromatic N) is 1. The predicted molar refractivity (Wildman–Crippen MR) is 114 cm³/mol. The van der Waals surface area contributed by atoms with Crippen molar-refractivity contribution < 1.29 is 9.53 Å². The van der Waals surface area contributed by atoms with Crippen LogP contribution in [0.5, 0.6) is 0 Å². The summed E-state index contributed by atoms with van der Waals surface area (Å²) in [6.45, 7) is 3.51.